The topological polar surface area (TPSA) is 66.8 Å². The summed E-state index contributed by atoms with van der Waals surface area (Å²) >= 11 is 11.9. The van der Waals surface area contributed by atoms with Gasteiger partial charge in [0.1, 0.15) is 0 Å². The Bertz CT molecular complexity index is 666. The summed E-state index contributed by atoms with van der Waals surface area (Å²) in [4.78, 5) is 25.9. The zero-order valence-corrected chi connectivity index (χ0v) is 14.6. The SMILES string of the molecule is O=C(CCc1ccc(Cl)c(Cl)c1)N1C[C@H]2COCC[C@@]2(C(=O)O)C1. The van der Waals surface area contributed by atoms with Crippen LogP contribution in [0.1, 0.15) is 18.4 Å². The molecule has 1 N–H and O–H groups in total. The van der Waals surface area contributed by atoms with Gasteiger partial charge in [0.15, 0.2) is 0 Å². The molecule has 24 heavy (non-hydrogen) atoms. The van der Waals surface area contributed by atoms with Crippen LogP contribution in [0.5, 0.6) is 0 Å². The standard InChI is InChI=1S/C17H19Cl2NO4/c18-13-3-1-11(7-14(13)19)2-4-15(21)20-8-12-9-24-6-5-17(12,10-20)16(22)23/h1,3,7,12H,2,4-6,8-10H2,(H,22,23)/t12-,17+/m0/s1. The van der Waals surface area contributed by atoms with Crippen LogP contribution in [0.15, 0.2) is 18.2 Å². The fraction of sp³-hybridized carbons (Fsp3) is 0.529. The Labute approximate surface area is 150 Å². The number of benzene rings is 1. The van der Waals surface area contributed by atoms with Crippen LogP contribution in [0, 0.1) is 11.3 Å². The highest BCUT2D eigenvalue weighted by Crippen LogP contribution is 2.42. The smallest absolute Gasteiger partial charge is 0.311 e. The number of hydrogen-bond donors (Lipinski definition) is 1. The number of aliphatic carboxylic acids is 1. The number of nitrogens with zero attached hydrogens (tertiary/aromatic N) is 1. The van der Waals surface area contributed by atoms with E-state index in [1.165, 1.54) is 0 Å². The Morgan fingerprint density at radius 1 is 1.33 bits per heavy atom. The van der Waals surface area contributed by atoms with Gasteiger partial charge in [0, 0.05) is 32.0 Å². The molecule has 0 radical (unpaired) electrons. The van der Waals surface area contributed by atoms with E-state index >= 15 is 0 Å². The highest BCUT2D eigenvalue weighted by molar-refractivity contribution is 6.42. The molecule has 0 aromatic heterocycles. The highest BCUT2D eigenvalue weighted by Gasteiger charge is 2.54. The molecule has 2 heterocycles. The van der Waals surface area contributed by atoms with Gasteiger partial charge in [0.25, 0.3) is 0 Å². The third kappa shape index (κ3) is 3.25. The molecule has 2 saturated heterocycles. The van der Waals surface area contributed by atoms with Crippen LogP contribution < -0.4 is 0 Å². The summed E-state index contributed by atoms with van der Waals surface area (Å²) in [6, 6.07) is 5.32. The average molecular weight is 372 g/mol. The number of halogens is 2. The van der Waals surface area contributed by atoms with E-state index in [0.29, 0.717) is 49.1 Å². The number of carboxylic acid groups (broad SMARTS) is 1. The Morgan fingerprint density at radius 3 is 2.79 bits per heavy atom. The summed E-state index contributed by atoms with van der Waals surface area (Å²) in [6.07, 6.45) is 1.33. The minimum atomic E-state index is -0.850. The van der Waals surface area contributed by atoms with Gasteiger partial charge in [0.2, 0.25) is 5.91 Å². The van der Waals surface area contributed by atoms with E-state index in [0.717, 1.165) is 5.56 Å². The molecule has 0 saturated carbocycles. The lowest BCUT2D eigenvalue weighted by molar-refractivity contribution is -0.157. The number of carbonyl (C=O) groups excluding carboxylic acids is 1. The Hall–Kier alpha value is -1.30. The Balaban J connectivity index is 1.63. The van der Waals surface area contributed by atoms with Crippen LogP contribution in [0.2, 0.25) is 10.0 Å². The molecular formula is C17H19Cl2NO4. The predicted molar refractivity (Wildman–Crippen MR) is 90.4 cm³/mol. The normalized spacial score (nSPS) is 26.2. The molecule has 1 amide bonds. The van der Waals surface area contributed by atoms with Crippen molar-refractivity contribution in [3.8, 4) is 0 Å². The molecule has 0 aliphatic carbocycles. The van der Waals surface area contributed by atoms with Crippen molar-refractivity contribution >= 4 is 35.1 Å². The third-order valence-electron chi connectivity index (χ3n) is 5.10. The Kier molecular flexibility index (Phi) is 5.04. The molecule has 1 aromatic rings. The molecule has 0 unspecified atom stereocenters. The van der Waals surface area contributed by atoms with Crippen molar-refractivity contribution in [3.63, 3.8) is 0 Å². The molecule has 5 nitrogen and oxygen atoms in total. The average Bonchev–Trinajstić information content (AvgIpc) is 2.97. The molecule has 3 rings (SSSR count). The van der Waals surface area contributed by atoms with Gasteiger partial charge >= 0.3 is 5.97 Å². The van der Waals surface area contributed by atoms with Crippen molar-refractivity contribution in [1.82, 2.24) is 4.90 Å². The summed E-state index contributed by atoms with van der Waals surface area (Å²) in [5.74, 6) is -0.982. The third-order valence-corrected chi connectivity index (χ3v) is 5.84. The van der Waals surface area contributed by atoms with E-state index in [9.17, 15) is 14.7 Å². The number of ether oxygens (including phenoxy) is 1. The maximum atomic E-state index is 12.5. The minimum absolute atomic E-state index is 0.0314. The van der Waals surface area contributed by atoms with E-state index in [2.05, 4.69) is 0 Å². The van der Waals surface area contributed by atoms with Gasteiger partial charge < -0.3 is 14.7 Å². The zero-order chi connectivity index (χ0) is 17.3. The number of hydrogen-bond acceptors (Lipinski definition) is 3. The molecular weight excluding hydrogens is 353 g/mol. The molecule has 0 bridgehead atoms. The van der Waals surface area contributed by atoms with E-state index < -0.39 is 11.4 Å². The number of aryl methyl sites for hydroxylation is 1. The van der Waals surface area contributed by atoms with Gasteiger partial charge in [-0.1, -0.05) is 29.3 Å². The van der Waals surface area contributed by atoms with Crippen LogP contribution in [-0.4, -0.2) is 48.2 Å². The van der Waals surface area contributed by atoms with Crippen molar-refractivity contribution in [2.24, 2.45) is 11.3 Å². The van der Waals surface area contributed by atoms with Crippen LogP contribution in [0.25, 0.3) is 0 Å². The van der Waals surface area contributed by atoms with Crippen LogP contribution in [-0.2, 0) is 20.7 Å². The number of likely N-dealkylation sites (tertiary alicyclic amines) is 1. The van der Waals surface area contributed by atoms with Gasteiger partial charge in [-0.2, -0.15) is 0 Å². The molecule has 7 heteroatoms. The maximum absolute atomic E-state index is 12.5. The van der Waals surface area contributed by atoms with Crippen molar-refractivity contribution in [3.05, 3.63) is 33.8 Å². The van der Waals surface area contributed by atoms with E-state index in [1.807, 2.05) is 6.07 Å². The quantitative estimate of drug-likeness (QED) is 0.883. The second kappa shape index (κ2) is 6.90. The van der Waals surface area contributed by atoms with Crippen LogP contribution in [0.4, 0.5) is 0 Å². The van der Waals surface area contributed by atoms with Gasteiger partial charge in [-0.15, -0.1) is 0 Å². The molecule has 1 aromatic carbocycles. The van der Waals surface area contributed by atoms with E-state index in [1.54, 1.807) is 17.0 Å². The van der Waals surface area contributed by atoms with Crippen molar-refractivity contribution in [2.45, 2.75) is 19.3 Å². The molecule has 130 valence electrons. The summed E-state index contributed by atoms with van der Waals surface area (Å²) in [6.45, 7) is 1.57. The first-order valence-electron chi connectivity index (χ1n) is 7.95. The van der Waals surface area contributed by atoms with Crippen molar-refractivity contribution in [1.29, 1.82) is 0 Å². The van der Waals surface area contributed by atoms with E-state index in [4.69, 9.17) is 27.9 Å². The van der Waals surface area contributed by atoms with Gasteiger partial charge in [0.05, 0.1) is 22.1 Å². The van der Waals surface area contributed by atoms with Crippen molar-refractivity contribution in [2.75, 3.05) is 26.3 Å². The maximum Gasteiger partial charge on any atom is 0.311 e. The second-order valence-corrected chi connectivity index (χ2v) is 7.32. The summed E-state index contributed by atoms with van der Waals surface area (Å²) in [7, 11) is 0. The number of amides is 1. The summed E-state index contributed by atoms with van der Waals surface area (Å²) < 4.78 is 5.41. The minimum Gasteiger partial charge on any atom is -0.481 e. The first kappa shape index (κ1) is 17.5. The molecule has 2 aliphatic rings. The second-order valence-electron chi connectivity index (χ2n) is 6.51. The zero-order valence-electron chi connectivity index (χ0n) is 13.1. The largest absolute Gasteiger partial charge is 0.481 e. The van der Waals surface area contributed by atoms with Crippen LogP contribution in [0.3, 0.4) is 0 Å². The first-order valence-corrected chi connectivity index (χ1v) is 8.71. The van der Waals surface area contributed by atoms with Gasteiger partial charge in [-0.05, 0) is 30.5 Å². The Morgan fingerprint density at radius 2 is 2.12 bits per heavy atom. The fourth-order valence-electron chi connectivity index (χ4n) is 3.59. The summed E-state index contributed by atoms with van der Waals surface area (Å²) in [5, 5.41) is 10.6. The predicted octanol–water partition coefficient (Wildman–Crippen LogP) is 2.88. The first-order chi connectivity index (χ1) is 11.4. The van der Waals surface area contributed by atoms with Crippen LogP contribution >= 0.6 is 23.2 Å². The van der Waals surface area contributed by atoms with Crippen molar-refractivity contribution < 1.29 is 19.4 Å². The lowest BCUT2D eigenvalue weighted by atomic mass is 9.74. The number of fused-ring (bicyclic) bond motifs is 1. The summed E-state index contributed by atoms with van der Waals surface area (Å²) in [5.41, 5.74) is 0.0861. The van der Waals surface area contributed by atoms with E-state index in [-0.39, 0.29) is 18.4 Å². The van der Waals surface area contributed by atoms with Gasteiger partial charge in [-0.3, -0.25) is 9.59 Å². The molecule has 2 fully saturated rings. The monoisotopic (exact) mass is 371 g/mol. The number of rotatable bonds is 4. The molecule has 0 spiro atoms. The number of carbonyl (C=O) groups is 2. The lowest BCUT2D eigenvalue weighted by Crippen LogP contribution is -2.45. The molecule has 2 atom stereocenters. The van der Waals surface area contributed by atoms with Gasteiger partial charge in [-0.25, -0.2) is 0 Å². The fourth-order valence-corrected chi connectivity index (χ4v) is 3.91. The molecule has 2 aliphatic heterocycles. The number of carboxylic acids is 1. The highest BCUT2D eigenvalue weighted by atomic mass is 35.5. The lowest BCUT2D eigenvalue weighted by Gasteiger charge is -2.33.